The molecule has 1 aliphatic rings. The van der Waals surface area contributed by atoms with Gasteiger partial charge in [-0.25, -0.2) is 0 Å². The van der Waals surface area contributed by atoms with Gasteiger partial charge < -0.3 is 15.1 Å². The van der Waals surface area contributed by atoms with E-state index in [-0.39, 0.29) is 24.3 Å². The van der Waals surface area contributed by atoms with Crippen LogP contribution in [-0.2, 0) is 27.3 Å². The highest BCUT2D eigenvalue weighted by molar-refractivity contribution is 5.90. The summed E-state index contributed by atoms with van der Waals surface area (Å²) < 4.78 is 0. The molecule has 6 nitrogen and oxygen atoms in total. The molecule has 0 spiro atoms. The molecule has 1 aromatic carbocycles. The van der Waals surface area contributed by atoms with Gasteiger partial charge in [0.15, 0.2) is 0 Å². The van der Waals surface area contributed by atoms with E-state index in [9.17, 15) is 14.4 Å². The third kappa shape index (κ3) is 3.27. The van der Waals surface area contributed by atoms with Gasteiger partial charge in [-0.2, -0.15) is 0 Å². The molecule has 22 heavy (non-hydrogen) atoms. The van der Waals surface area contributed by atoms with Crippen molar-refractivity contribution in [2.24, 2.45) is 0 Å². The summed E-state index contributed by atoms with van der Waals surface area (Å²) in [6.07, 6.45) is 0.468. The van der Waals surface area contributed by atoms with E-state index < -0.39 is 6.04 Å². The minimum Gasteiger partial charge on any atom is -0.358 e. The number of hydrogen-bond donors (Lipinski definition) is 1. The Morgan fingerprint density at radius 2 is 1.95 bits per heavy atom. The molecule has 1 aromatic rings. The lowest BCUT2D eigenvalue weighted by molar-refractivity contribution is -0.145. The van der Waals surface area contributed by atoms with E-state index in [0.29, 0.717) is 13.0 Å². The normalized spacial score (nSPS) is 17.5. The largest absolute Gasteiger partial charge is 0.358 e. The molecule has 0 saturated carbocycles. The second-order valence-corrected chi connectivity index (χ2v) is 5.49. The Morgan fingerprint density at radius 1 is 1.32 bits per heavy atom. The quantitative estimate of drug-likeness (QED) is 0.865. The number of nitrogens with zero attached hydrogens (tertiary/aromatic N) is 2. The van der Waals surface area contributed by atoms with Crippen LogP contribution in [0.5, 0.6) is 0 Å². The first kappa shape index (κ1) is 16.0. The van der Waals surface area contributed by atoms with E-state index in [2.05, 4.69) is 5.32 Å². The van der Waals surface area contributed by atoms with Crippen LogP contribution >= 0.6 is 0 Å². The molecule has 1 heterocycles. The molecule has 3 amide bonds. The molecular formula is C16H21N3O3. The molecular weight excluding hydrogens is 282 g/mol. The summed E-state index contributed by atoms with van der Waals surface area (Å²) in [6.45, 7) is 1.81. The van der Waals surface area contributed by atoms with Crippen molar-refractivity contribution in [3.8, 4) is 0 Å². The molecule has 1 N–H and O–H groups in total. The molecule has 0 aromatic heterocycles. The third-order valence-corrected chi connectivity index (χ3v) is 4.07. The zero-order valence-electron chi connectivity index (χ0n) is 13.1. The molecule has 0 aliphatic carbocycles. The van der Waals surface area contributed by atoms with Crippen molar-refractivity contribution >= 4 is 17.7 Å². The Morgan fingerprint density at radius 3 is 2.55 bits per heavy atom. The van der Waals surface area contributed by atoms with Crippen molar-refractivity contribution in [1.29, 1.82) is 0 Å². The predicted octanol–water partition coefficient (Wildman–Crippen LogP) is 0.164. The van der Waals surface area contributed by atoms with Gasteiger partial charge in [0, 0.05) is 34.0 Å². The van der Waals surface area contributed by atoms with E-state index in [0.717, 1.165) is 11.1 Å². The van der Waals surface area contributed by atoms with Crippen molar-refractivity contribution in [3.63, 3.8) is 0 Å². The molecule has 1 atom stereocenters. The fourth-order valence-electron chi connectivity index (χ4n) is 2.61. The van der Waals surface area contributed by atoms with Crippen LogP contribution in [0, 0.1) is 0 Å². The average molecular weight is 303 g/mol. The van der Waals surface area contributed by atoms with Gasteiger partial charge in [0.2, 0.25) is 17.7 Å². The summed E-state index contributed by atoms with van der Waals surface area (Å²) in [5.74, 6) is -0.591. The van der Waals surface area contributed by atoms with Crippen molar-refractivity contribution in [2.75, 3.05) is 20.6 Å². The lowest BCUT2D eigenvalue weighted by Gasteiger charge is -2.29. The zero-order chi connectivity index (χ0) is 16.3. The Balaban J connectivity index is 2.37. The minimum atomic E-state index is -0.578. The maximum Gasteiger partial charge on any atom is 0.246 e. The van der Waals surface area contributed by atoms with Crippen LogP contribution < -0.4 is 5.32 Å². The molecule has 0 bridgehead atoms. The summed E-state index contributed by atoms with van der Waals surface area (Å²) in [6, 6.07) is 7.17. The summed E-state index contributed by atoms with van der Waals surface area (Å²) in [4.78, 5) is 39.1. The molecule has 2 rings (SSSR count). The van der Waals surface area contributed by atoms with Crippen molar-refractivity contribution < 1.29 is 14.4 Å². The van der Waals surface area contributed by atoms with Crippen LogP contribution in [0.3, 0.4) is 0 Å². The van der Waals surface area contributed by atoms with Crippen molar-refractivity contribution in [2.45, 2.75) is 25.9 Å². The van der Waals surface area contributed by atoms with E-state index in [1.165, 1.54) is 23.8 Å². The number of benzene rings is 1. The van der Waals surface area contributed by atoms with Crippen molar-refractivity contribution in [1.82, 2.24) is 15.1 Å². The van der Waals surface area contributed by atoms with Crippen LogP contribution in [-0.4, -0.2) is 54.2 Å². The van der Waals surface area contributed by atoms with Crippen LogP contribution in [0.1, 0.15) is 18.1 Å². The van der Waals surface area contributed by atoms with Crippen LogP contribution in [0.25, 0.3) is 0 Å². The van der Waals surface area contributed by atoms with Crippen LogP contribution in [0.2, 0.25) is 0 Å². The molecule has 0 fully saturated rings. The zero-order valence-corrected chi connectivity index (χ0v) is 13.1. The second kappa shape index (κ2) is 6.60. The molecule has 1 aliphatic heterocycles. The average Bonchev–Trinajstić information content (AvgIpc) is 2.64. The SMILES string of the molecule is CNC(=O)CN1Cc2ccccc2C[C@H](N(C)C(C)=O)C1=O. The number of carbonyl (C=O) groups excluding carboxylic acids is 3. The Hall–Kier alpha value is -2.37. The van der Waals surface area contributed by atoms with Gasteiger partial charge in [-0.15, -0.1) is 0 Å². The van der Waals surface area contributed by atoms with E-state index in [4.69, 9.17) is 0 Å². The maximum absolute atomic E-state index is 12.8. The highest BCUT2D eigenvalue weighted by Crippen LogP contribution is 2.22. The fourth-order valence-corrected chi connectivity index (χ4v) is 2.61. The topological polar surface area (TPSA) is 69.7 Å². The standard InChI is InChI=1S/C16H21N3O3/c1-11(20)18(3)14-8-12-6-4-5-7-13(12)9-19(16(14)22)10-15(21)17-2/h4-7,14H,8-10H2,1-3H3,(H,17,21)/t14-/m0/s1. The predicted molar refractivity (Wildman–Crippen MR) is 81.9 cm³/mol. The van der Waals surface area contributed by atoms with E-state index >= 15 is 0 Å². The highest BCUT2D eigenvalue weighted by atomic mass is 16.2. The number of carbonyl (C=O) groups is 3. The number of amides is 3. The third-order valence-electron chi connectivity index (χ3n) is 4.07. The first-order chi connectivity index (χ1) is 10.4. The van der Waals surface area contributed by atoms with Gasteiger partial charge in [0.25, 0.3) is 0 Å². The summed E-state index contributed by atoms with van der Waals surface area (Å²) in [5.41, 5.74) is 2.05. The summed E-state index contributed by atoms with van der Waals surface area (Å²) in [7, 11) is 3.16. The number of nitrogens with one attached hydrogen (secondary N) is 1. The van der Waals surface area contributed by atoms with Gasteiger partial charge in [-0.05, 0) is 11.1 Å². The maximum atomic E-state index is 12.8. The fraction of sp³-hybridized carbons (Fsp3) is 0.438. The number of fused-ring (bicyclic) bond motifs is 1. The lowest BCUT2D eigenvalue weighted by atomic mass is 10.0. The molecule has 6 heteroatoms. The van der Waals surface area contributed by atoms with Crippen LogP contribution in [0.15, 0.2) is 24.3 Å². The minimum absolute atomic E-state index is 0.00802. The Bertz CT molecular complexity index is 600. The van der Waals surface area contributed by atoms with E-state index in [1.807, 2.05) is 24.3 Å². The van der Waals surface area contributed by atoms with Gasteiger partial charge in [0.1, 0.15) is 6.04 Å². The Kier molecular flexibility index (Phi) is 4.80. The summed E-state index contributed by atoms with van der Waals surface area (Å²) in [5, 5.41) is 2.53. The number of hydrogen-bond acceptors (Lipinski definition) is 3. The van der Waals surface area contributed by atoms with Gasteiger partial charge in [-0.1, -0.05) is 24.3 Å². The van der Waals surface area contributed by atoms with Crippen molar-refractivity contribution in [3.05, 3.63) is 35.4 Å². The molecule has 0 radical (unpaired) electrons. The lowest BCUT2D eigenvalue weighted by Crippen LogP contribution is -2.50. The van der Waals surface area contributed by atoms with Crippen LogP contribution in [0.4, 0.5) is 0 Å². The second-order valence-electron chi connectivity index (χ2n) is 5.49. The number of rotatable bonds is 3. The smallest absolute Gasteiger partial charge is 0.246 e. The summed E-state index contributed by atoms with van der Waals surface area (Å²) >= 11 is 0. The molecule has 0 saturated heterocycles. The molecule has 0 unspecified atom stereocenters. The Labute approximate surface area is 130 Å². The highest BCUT2D eigenvalue weighted by Gasteiger charge is 2.33. The first-order valence-electron chi connectivity index (χ1n) is 7.23. The first-order valence-corrected chi connectivity index (χ1v) is 7.23. The van der Waals surface area contributed by atoms with Gasteiger partial charge >= 0.3 is 0 Å². The molecule has 118 valence electrons. The van der Waals surface area contributed by atoms with E-state index in [1.54, 1.807) is 7.05 Å². The monoisotopic (exact) mass is 303 g/mol. The van der Waals surface area contributed by atoms with Gasteiger partial charge in [-0.3, -0.25) is 14.4 Å². The number of likely N-dealkylation sites (N-methyl/N-ethyl adjacent to an activating group) is 2. The van der Waals surface area contributed by atoms with Gasteiger partial charge in [0.05, 0.1) is 6.54 Å².